The Balaban J connectivity index is 2.20. The predicted octanol–water partition coefficient (Wildman–Crippen LogP) is 2.11. The second kappa shape index (κ2) is 6.95. The van der Waals surface area contributed by atoms with E-state index in [2.05, 4.69) is 10.6 Å². The Morgan fingerprint density at radius 2 is 1.52 bits per heavy atom. The molecule has 0 radical (unpaired) electrons. The molecule has 0 saturated carbocycles. The molecule has 0 aliphatic carbocycles. The first-order valence-corrected chi connectivity index (χ1v) is 8.00. The Labute approximate surface area is 139 Å². The Morgan fingerprint density at radius 1 is 1.00 bits per heavy atom. The third-order valence-corrected chi connectivity index (χ3v) is 3.08. The lowest BCUT2D eigenvalue weighted by molar-refractivity contribution is -0.0121. The van der Waals surface area contributed by atoms with Gasteiger partial charge in [0.1, 0.15) is 11.2 Å². The first-order chi connectivity index (χ1) is 10.3. The second-order valence-corrected chi connectivity index (χ2v) is 8.25. The van der Waals surface area contributed by atoms with Gasteiger partial charge >= 0.3 is 12.2 Å². The molecular weight excluding hydrogens is 298 g/mol. The van der Waals surface area contributed by atoms with Crippen LogP contribution in [0, 0.1) is 0 Å². The highest BCUT2D eigenvalue weighted by atomic mass is 16.6. The molecule has 0 aromatic carbocycles. The van der Waals surface area contributed by atoms with Gasteiger partial charge in [-0.2, -0.15) is 0 Å². The summed E-state index contributed by atoms with van der Waals surface area (Å²) in [5.74, 6) is 0. The summed E-state index contributed by atoms with van der Waals surface area (Å²) in [5, 5.41) is 6.04. The van der Waals surface area contributed by atoms with Gasteiger partial charge in [-0.05, 0) is 48.5 Å². The van der Waals surface area contributed by atoms with Gasteiger partial charge in [-0.25, -0.2) is 9.59 Å². The fourth-order valence-electron chi connectivity index (χ4n) is 2.21. The van der Waals surface area contributed by atoms with Gasteiger partial charge in [0.2, 0.25) is 0 Å². The summed E-state index contributed by atoms with van der Waals surface area (Å²) in [7, 11) is 0. The van der Waals surface area contributed by atoms with Crippen LogP contribution in [0.1, 0.15) is 48.5 Å². The molecule has 1 heterocycles. The van der Waals surface area contributed by atoms with Gasteiger partial charge in [-0.1, -0.05) is 0 Å². The van der Waals surface area contributed by atoms with Gasteiger partial charge in [0.05, 0.1) is 5.54 Å². The number of hydrogen-bond donors (Lipinski definition) is 2. The van der Waals surface area contributed by atoms with Gasteiger partial charge in [0.15, 0.2) is 0 Å². The number of likely N-dealkylation sites (tertiary alicyclic amines) is 1. The molecule has 1 fully saturated rings. The standard InChI is InChI=1S/C16H31N3O4/c1-14(2,3)22-12(20)17-8-9-18-16(7)10-19(11-16)13(21)23-15(4,5)6/h18H,8-11H2,1-7H3,(H,17,20). The van der Waals surface area contributed by atoms with Crippen LogP contribution in [0.15, 0.2) is 0 Å². The van der Waals surface area contributed by atoms with Crippen molar-refractivity contribution in [2.75, 3.05) is 26.2 Å². The van der Waals surface area contributed by atoms with E-state index in [0.29, 0.717) is 26.2 Å². The van der Waals surface area contributed by atoms with Crippen molar-refractivity contribution in [3.05, 3.63) is 0 Å². The third kappa shape index (κ3) is 7.54. The number of alkyl carbamates (subject to hydrolysis) is 1. The van der Waals surface area contributed by atoms with Crippen LogP contribution in [0.2, 0.25) is 0 Å². The van der Waals surface area contributed by atoms with E-state index < -0.39 is 17.3 Å². The summed E-state index contributed by atoms with van der Waals surface area (Å²) in [5.41, 5.74) is -1.12. The van der Waals surface area contributed by atoms with Crippen molar-refractivity contribution in [3.63, 3.8) is 0 Å². The molecule has 0 spiro atoms. The molecule has 1 rings (SSSR count). The molecule has 0 aromatic rings. The van der Waals surface area contributed by atoms with Crippen LogP contribution in [0.3, 0.4) is 0 Å². The quantitative estimate of drug-likeness (QED) is 0.772. The Hall–Kier alpha value is -1.50. The number of carbonyl (C=O) groups is 2. The number of amides is 2. The summed E-state index contributed by atoms with van der Waals surface area (Å²) >= 11 is 0. The lowest BCUT2D eigenvalue weighted by atomic mass is 9.93. The number of hydrogen-bond acceptors (Lipinski definition) is 5. The van der Waals surface area contributed by atoms with Gasteiger partial charge in [-0.15, -0.1) is 0 Å². The maximum Gasteiger partial charge on any atom is 0.410 e. The molecule has 2 N–H and O–H groups in total. The van der Waals surface area contributed by atoms with Gasteiger partial charge < -0.3 is 25.0 Å². The van der Waals surface area contributed by atoms with Crippen LogP contribution in [0.4, 0.5) is 9.59 Å². The highest BCUT2D eigenvalue weighted by Gasteiger charge is 2.42. The molecule has 134 valence electrons. The molecule has 7 nitrogen and oxygen atoms in total. The number of carbonyl (C=O) groups excluding carboxylic acids is 2. The van der Waals surface area contributed by atoms with Crippen LogP contribution in [0.5, 0.6) is 0 Å². The lowest BCUT2D eigenvalue weighted by Crippen LogP contribution is -2.69. The number of nitrogens with zero attached hydrogens (tertiary/aromatic N) is 1. The Kier molecular flexibility index (Phi) is 5.90. The minimum Gasteiger partial charge on any atom is -0.444 e. The van der Waals surface area contributed by atoms with Crippen molar-refractivity contribution >= 4 is 12.2 Å². The van der Waals surface area contributed by atoms with Crippen LogP contribution in [-0.4, -0.2) is 60.0 Å². The van der Waals surface area contributed by atoms with Crippen LogP contribution in [0.25, 0.3) is 0 Å². The number of ether oxygens (including phenoxy) is 2. The molecule has 1 aliphatic rings. The average molecular weight is 329 g/mol. The number of nitrogens with one attached hydrogen (secondary N) is 2. The summed E-state index contributed by atoms with van der Waals surface area (Å²) in [6, 6.07) is 0. The maximum atomic E-state index is 11.9. The minimum atomic E-state index is -0.495. The normalized spacial score (nSPS) is 17.3. The molecule has 0 aromatic heterocycles. The van der Waals surface area contributed by atoms with E-state index in [1.54, 1.807) is 4.90 Å². The molecule has 2 amide bonds. The van der Waals surface area contributed by atoms with Crippen LogP contribution < -0.4 is 10.6 Å². The predicted molar refractivity (Wildman–Crippen MR) is 88.5 cm³/mol. The summed E-state index contributed by atoms with van der Waals surface area (Å²) in [6.45, 7) is 15.3. The maximum absolute atomic E-state index is 11.9. The van der Waals surface area contributed by atoms with E-state index in [4.69, 9.17) is 9.47 Å². The van der Waals surface area contributed by atoms with Crippen molar-refractivity contribution in [2.24, 2.45) is 0 Å². The van der Waals surface area contributed by atoms with Gasteiger partial charge in [-0.3, -0.25) is 0 Å². The third-order valence-electron chi connectivity index (χ3n) is 3.08. The monoisotopic (exact) mass is 329 g/mol. The highest BCUT2D eigenvalue weighted by Crippen LogP contribution is 2.22. The molecule has 0 atom stereocenters. The van der Waals surface area contributed by atoms with E-state index in [9.17, 15) is 9.59 Å². The molecule has 23 heavy (non-hydrogen) atoms. The highest BCUT2D eigenvalue weighted by molar-refractivity contribution is 5.69. The van der Waals surface area contributed by atoms with Crippen LogP contribution >= 0.6 is 0 Å². The summed E-state index contributed by atoms with van der Waals surface area (Å²) < 4.78 is 10.5. The minimum absolute atomic E-state index is 0.146. The number of rotatable bonds is 4. The van der Waals surface area contributed by atoms with Crippen molar-refractivity contribution in [1.29, 1.82) is 0 Å². The molecule has 7 heteroatoms. The zero-order chi connectivity index (χ0) is 17.9. The van der Waals surface area contributed by atoms with E-state index in [-0.39, 0.29) is 11.6 Å². The van der Waals surface area contributed by atoms with Crippen molar-refractivity contribution < 1.29 is 19.1 Å². The molecule has 1 saturated heterocycles. The first-order valence-electron chi connectivity index (χ1n) is 8.00. The first kappa shape index (κ1) is 19.5. The summed E-state index contributed by atoms with van der Waals surface area (Å²) in [4.78, 5) is 25.1. The largest absolute Gasteiger partial charge is 0.444 e. The van der Waals surface area contributed by atoms with E-state index in [1.165, 1.54) is 0 Å². The summed E-state index contributed by atoms with van der Waals surface area (Å²) in [6.07, 6.45) is -0.711. The van der Waals surface area contributed by atoms with Gasteiger partial charge in [0, 0.05) is 26.2 Å². The van der Waals surface area contributed by atoms with Crippen molar-refractivity contribution in [1.82, 2.24) is 15.5 Å². The average Bonchev–Trinajstić information content (AvgIpc) is 2.26. The molecule has 0 unspecified atom stereocenters. The van der Waals surface area contributed by atoms with Crippen LogP contribution in [-0.2, 0) is 9.47 Å². The van der Waals surface area contributed by atoms with Crippen molar-refractivity contribution in [3.8, 4) is 0 Å². The van der Waals surface area contributed by atoms with Crippen molar-refractivity contribution in [2.45, 2.75) is 65.2 Å². The fourth-order valence-corrected chi connectivity index (χ4v) is 2.21. The SMILES string of the molecule is CC1(NCCNC(=O)OC(C)(C)C)CN(C(=O)OC(C)(C)C)C1. The zero-order valence-electron chi connectivity index (χ0n) is 15.4. The molecule has 0 bridgehead atoms. The van der Waals surface area contributed by atoms with E-state index in [1.807, 2.05) is 48.5 Å². The smallest absolute Gasteiger partial charge is 0.410 e. The molecular formula is C16H31N3O4. The topological polar surface area (TPSA) is 79.9 Å². The Morgan fingerprint density at radius 3 is 2.00 bits per heavy atom. The fraction of sp³-hybridized carbons (Fsp3) is 0.875. The zero-order valence-corrected chi connectivity index (χ0v) is 15.4. The van der Waals surface area contributed by atoms with E-state index in [0.717, 1.165) is 0 Å². The molecule has 1 aliphatic heterocycles. The van der Waals surface area contributed by atoms with E-state index >= 15 is 0 Å². The van der Waals surface area contributed by atoms with Gasteiger partial charge in [0.25, 0.3) is 0 Å². The second-order valence-electron chi connectivity index (χ2n) is 8.25. The lowest BCUT2D eigenvalue weighted by Gasteiger charge is -2.48. The Bertz CT molecular complexity index is 432.